The molecule has 5 nitrogen and oxygen atoms in total. The first kappa shape index (κ1) is 17.3. The molecule has 0 unspecified atom stereocenters. The predicted molar refractivity (Wildman–Crippen MR) is 83.8 cm³/mol. The van der Waals surface area contributed by atoms with E-state index in [1.54, 1.807) is 20.3 Å². The van der Waals surface area contributed by atoms with Gasteiger partial charge in [-0.1, -0.05) is 19.9 Å². The number of ether oxygens (including phenoxy) is 2. The lowest BCUT2D eigenvalue weighted by atomic mass is 9.94. The molecule has 0 spiro atoms. The van der Waals surface area contributed by atoms with E-state index in [0.29, 0.717) is 24.5 Å². The molecule has 0 aliphatic heterocycles. The molecule has 0 aliphatic carbocycles. The highest BCUT2D eigenvalue weighted by Crippen LogP contribution is 2.27. The number of methoxy groups -OCH3 is 2. The van der Waals surface area contributed by atoms with E-state index in [1.165, 1.54) is 0 Å². The largest absolute Gasteiger partial charge is 0.493 e. The molecule has 1 aromatic carbocycles. The second-order valence-corrected chi connectivity index (χ2v) is 5.21. The van der Waals surface area contributed by atoms with Crippen LogP contribution in [0.1, 0.15) is 32.3 Å². The van der Waals surface area contributed by atoms with Gasteiger partial charge in [0.25, 0.3) is 0 Å². The van der Waals surface area contributed by atoms with Crippen LogP contribution in [0.15, 0.2) is 18.2 Å². The van der Waals surface area contributed by atoms with E-state index in [-0.39, 0.29) is 11.4 Å². The molecule has 1 aromatic rings. The van der Waals surface area contributed by atoms with Crippen LogP contribution < -0.4 is 20.5 Å². The van der Waals surface area contributed by atoms with Crippen LogP contribution in [0.2, 0.25) is 0 Å². The van der Waals surface area contributed by atoms with Crippen molar-refractivity contribution in [1.29, 1.82) is 0 Å². The Morgan fingerprint density at radius 1 is 1.19 bits per heavy atom. The van der Waals surface area contributed by atoms with E-state index in [4.69, 9.17) is 15.2 Å². The van der Waals surface area contributed by atoms with E-state index in [0.717, 1.165) is 18.4 Å². The number of rotatable bonds is 8. The predicted octanol–water partition coefficient (Wildman–Crippen LogP) is 1.88. The number of carbonyl (C=O) groups is 1. The summed E-state index contributed by atoms with van der Waals surface area (Å²) in [5.74, 6) is 1.23. The van der Waals surface area contributed by atoms with Gasteiger partial charge in [0.1, 0.15) is 0 Å². The molecule has 0 aromatic heterocycles. The minimum Gasteiger partial charge on any atom is -0.493 e. The maximum atomic E-state index is 12.0. The van der Waals surface area contributed by atoms with Crippen molar-refractivity contribution < 1.29 is 14.3 Å². The molecule has 0 saturated carbocycles. The normalized spacial score (nSPS) is 11.1. The van der Waals surface area contributed by atoms with Crippen LogP contribution in [0, 0.1) is 0 Å². The van der Waals surface area contributed by atoms with Crippen LogP contribution in [0.4, 0.5) is 0 Å². The number of nitrogens with one attached hydrogen (secondary N) is 1. The lowest BCUT2D eigenvalue weighted by Gasteiger charge is -2.26. The van der Waals surface area contributed by atoms with Crippen molar-refractivity contribution in [3.05, 3.63) is 23.8 Å². The van der Waals surface area contributed by atoms with Crippen molar-refractivity contribution in [2.75, 3.05) is 20.8 Å². The summed E-state index contributed by atoms with van der Waals surface area (Å²) in [5.41, 5.74) is 6.72. The lowest BCUT2D eigenvalue weighted by molar-refractivity contribution is -0.120. The van der Waals surface area contributed by atoms with Crippen molar-refractivity contribution in [2.45, 2.75) is 38.6 Å². The van der Waals surface area contributed by atoms with E-state index in [9.17, 15) is 4.79 Å². The summed E-state index contributed by atoms with van der Waals surface area (Å²) in [4.78, 5) is 12.0. The molecule has 21 heavy (non-hydrogen) atoms. The highest BCUT2D eigenvalue weighted by atomic mass is 16.5. The van der Waals surface area contributed by atoms with Gasteiger partial charge in [0.15, 0.2) is 11.5 Å². The third-order valence-electron chi connectivity index (χ3n) is 3.86. The van der Waals surface area contributed by atoms with Crippen molar-refractivity contribution in [3.8, 4) is 11.5 Å². The molecule has 0 fully saturated rings. The number of nitrogens with two attached hydrogens (primary N) is 1. The van der Waals surface area contributed by atoms with Crippen LogP contribution in [0.5, 0.6) is 11.5 Å². The topological polar surface area (TPSA) is 73.6 Å². The Hall–Kier alpha value is -1.75. The van der Waals surface area contributed by atoms with Gasteiger partial charge in [-0.05, 0) is 30.5 Å². The zero-order valence-corrected chi connectivity index (χ0v) is 13.4. The van der Waals surface area contributed by atoms with Crippen LogP contribution in [-0.4, -0.2) is 32.2 Å². The summed E-state index contributed by atoms with van der Waals surface area (Å²) in [5, 5.41) is 2.90. The molecule has 1 amide bonds. The van der Waals surface area contributed by atoms with Crippen molar-refractivity contribution in [2.24, 2.45) is 5.73 Å². The Bertz CT molecular complexity index is 471. The first-order valence-corrected chi connectivity index (χ1v) is 7.24. The highest BCUT2D eigenvalue weighted by molar-refractivity contribution is 5.78. The zero-order valence-electron chi connectivity index (χ0n) is 13.4. The summed E-state index contributed by atoms with van der Waals surface area (Å²) in [6.07, 6.45) is 1.96. The van der Waals surface area contributed by atoms with Gasteiger partial charge >= 0.3 is 0 Å². The molecule has 3 N–H and O–H groups in total. The second-order valence-electron chi connectivity index (χ2n) is 5.21. The van der Waals surface area contributed by atoms with Gasteiger partial charge < -0.3 is 20.5 Å². The van der Waals surface area contributed by atoms with Crippen LogP contribution in [0.25, 0.3) is 0 Å². The lowest BCUT2D eigenvalue weighted by Crippen LogP contribution is -2.49. The van der Waals surface area contributed by atoms with E-state index < -0.39 is 0 Å². The zero-order chi connectivity index (χ0) is 15.9. The summed E-state index contributed by atoms with van der Waals surface area (Å²) in [6.45, 7) is 4.56. The van der Waals surface area contributed by atoms with Gasteiger partial charge in [-0.25, -0.2) is 0 Å². The second kappa shape index (κ2) is 7.88. The number of benzene rings is 1. The van der Waals surface area contributed by atoms with Gasteiger partial charge in [0, 0.05) is 12.1 Å². The van der Waals surface area contributed by atoms with Crippen molar-refractivity contribution >= 4 is 5.91 Å². The van der Waals surface area contributed by atoms with Crippen LogP contribution >= 0.6 is 0 Å². The van der Waals surface area contributed by atoms with Crippen molar-refractivity contribution in [1.82, 2.24) is 5.32 Å². The molecule has 0 heterocycles. The molecule has 0 saturated heterocycles. The quantitative estimate of drug-likeness (QED) is 0.768. The molecule has 0 atom stereocenters. The van der Waals surface area contributed by atoms with E-state index >= 15 is 0 Å². The third-order valence-corrected chi connectivity index (χ3v) is 3.86. The molecule has 0 aliphatic rings. The summed E-state index contributed by atoms with van der Waals surface area (Å²) >= 11 is 0. The van der Waals surface area contributed by atoms with Gasteiger partial charge in [-0.3, -0.25) is 4.79 Å². The van der Waals surface area contributed by atoms with Gasteiger partial charge in [0.2, 0.25) is 5.91 Å². The van der Waals surface area contributed by atoms with Gasteiger partial charge in [-0.2, -0.15) is 0 Å². The fraction of sp³-hybridized carbons (Fsp3) is 0.562. The minimum absolute atomic E-state index is 0.0426. The van der Waals surface area contributed by atoms with E-state index in [1.807, 2.05) is 26.0 Å². The fourth-order valence-corrected chi connectivity index (χ4v) is 2.01. The number of hydrogen-bond acceptors (Lipinski definition) is 4. The third kappa shape index (κ3) is 4.93. The Morgan fingerprint density at radius 3 is 2.33 bits per heavy atom. The average Bonchev–Trinajstić information content (AvgIpc) is 2.52. The SMILES string of the molecule is CCC(N)(CC)CNC(=O)Cc1ccc(OC)c(OC)c1. The standard InChI is InChI=1S/C16H26N2O3/c1-5-16(17,6-2)11-18-15(19)10-12-7-8-13(20-3)14(9-12)21-4/h7-9H,5-6,10-11,17H2,1-4H3,(H,18,19). The Kier molecular flexibility index (Phi) is 6.49. The fourth-order valence-electron chi connectivity index (χ4n) is 2.01. The summed E-state index contributed by atoms with van der Waals surface area (Å²) in [6, 6.07) is 5.47. The molecule has 0 radical (unpaired) electrons. The molecular formula is C16H26N2O3. The number of carbonyl (C=O) groups excluding carboxylic acids is 1. The molecule has 5 heteroatoms. The van der Waals surface area contributed by atoms with Gasteiger partial charge in [0.05, 0.1) is 20.6 Å². The van der Waals surface area contributed by atoms with Crippen molar-refractivity contribution in [3.63, 3.8) is 0 Å². The van der Waals surface area contributed by atoms with Gasteiger partial charge in [-0.15, -0.1) is 0 Å². The summed E-state index contributed by atoms with van der Waals surface area (Å²) in [7, 11) is 3.16. The van der Waals surface area contributed by atoms with Crippen LogP contribution in [-0.2, 0) is 11.2 Å². The first-order valence-electron chi connectivity index (χ1n) is 7.24. The molecule has 1 rings (SSSR count). The molecule has 0 bridgehead atoms. The highest BCUT2D eigenvalue weighted by Gasteiger charge is 2.20. The first-order chi connectivity index (χ1) is 9.97. The Labute approximate surface area is 126 Å². The Balaban J connectivity index is 2.63. The number of hydrogen-bond donors (Lipinski definition) is 2. The minimum atomic E-state index is -0.326. The number of amides is 1. The maximum absolute atomic E-state index is 12.0. The molecular weight excluding hydrogens is 268 g/mol. The van der Waals surface area contributed by atoms with Crippen LogP contribution in [0.3, 0.4) is 0 Å². The maximum Gasteiger partial charge on any atom is 0.224 e. The Morgan fingerprint density at radius 2 is 1.81 bits per heavy atom. The monoisotopic (exact) mass is 294 g/mol. The molecule has 118 valence electrons. The smallest absolute Gasteiger partial charge is 0.224 e. The average molecular weight is 294 g/mol. The van der Waals surface area contributed by atoms with E-state index in [2.05, 4.69) is 5.32 Å². The summed E-state index contributed by atoms with van der Waals surface area (Å²) < 4.78 is 10.4.